The molecule has 8 atom stereocenters. The Morgan fingerprint density at radius 3 is 2.17 bits per heavy atom. The molecule has 0 amide bonds. The highest BCUT2D eigenvalue weighted by atomic mass is 16.5. The SMILES string of the molecule is CC=C(C)C1CC[C@@]2(C)C3CCC4C(C)(C)[C@@H](OC(C)=O)CC[C@@]45C[C@@]35CC[C@]12C. The molecule has 5 fully saturated rings. The van der Waals surface area contributed by atoms with Crippen LogP contribution >= 0.6 is 0 Å². The van der Waals surface area contributed by atoms with E-state index in [1.165, 1.54) is 51.4 Å². The van der Waals surface area contributed by atoms with Crippen LogP contribution < -0.4 is 0 Å². The summed E-state index contributed by atoms with van der Waals surface area (Å²) in [6.45, 7) is 16.4. The Kier molecular flexibility index (Phi) is 4.33. The van der Waals surface area contributed by atoms with Gasteiger partial charge in [-0.1, -0.05) is 39.3 Å². The highest BCUT2D eigenvalue weighted by Crippen LogP contribution is 2.89. The molecular formula is C28H44O2. The number of rotatable bonds is 2. The van der Waals surface area contributed by atoms with Crippen molar-refractivity contribution in [2.45, 2.75) is 112 Å². The monoisotopic (exact) mass is 412 g/mol. The van der Waals surface area contributed by atoms with E-state index >= 15 is 0 Å². The summed E-state index contributed by atoms with van der Waals surface area (Å²) < 4.78 is 5.87. The van der Waals surface area contributed by atoms with Gasteiger partial charge in [-0.25, -0.2) is 0 Å². The standard InChI is InChI=1S/C28H44O2/c1-8-18(2)20-11-13-26(7)22-10-9-21-24(4,5)23(30-19(3)29)12-14-27(21)17-28(22,27)16-15-25(20,26)6/h8,20-23H,9-17H2,1-7H3/t20?,21?,22?,23-,25+,26-,27+,28-/m0/s1. The first-order valence-electron chi connectivity index (χ1n) is 12.8. The van der Waals surface area contributed by atoms with E-state index in [-0.39, 0.29) is 17.5 Å². The molecule has 5 aliphatic carbocycles. The number of carbonyl (C=O) groups excluding carboxylic acids is 1. The Balaban J connectivity index is 1.48. The van der Waals surface area contributed by atoms with Gasteiger partial charge in [0.25, 0.3) is 0 Å². The Bertz CT molecular complexity index is 794. The first-order chi connectivity index (χ1) is 14.0. The lowest BCUT2D eigenvalue weighted by atomic mass is 9.42. The van der Waals surface area contributed by atoms with Crippen molar-refractivity contribution in [3.63, 3.8) is 0 Å². The van der Waals surface area contributed by atoms with E-state index in [4.69, 9.17) is 4.74 Å². The molecule has 2 nitrogen and oxygen atoms in total. The molecule has 30 heavy (non-hydrogen) atoms. The summed E-state index contributed by atoms with van der Waals surface area (Å²) in [5.74, 6) is 2.31. The summed E-state index contributed by atoms with van der Waals surface area (Å²) in [4.78, 5) is 11.8. The summed E-state index contributed by atoms with van der Waals surface area (Å²) in [6.07, 6.45) is 14.7. The number of ether oxygens (including phenoxy) is 1. The number of allylic oxidation sites excluding steroid dienone is 2. The first kappa shape index (κ1) is 21.1. The molecular weight excluding hydrogens is 368 g/mol. The Morgan fingerprint density at radius 1 is 0.833 bits per heavy atom. The quantitative estimate of drug-likeness (QED) is 0.351. The molecule has 5 aliphatic rings. The third-order valence-corrected chi connectivity index (χ3v) is 12.4. The zero-order chi connectivity index (χ0) is 21.7. The van der Waals surface area contributed by atoms with Gasteiger partial charge in [-0.2, -0.15) is 0 Å². The highest BCUT2D eigenvalue weighted by Gasteiger charge is 2.82. The lowest BCUT2D eigenvalue weighted by molar-refractivity contribution is -0.179. The summed E-state index contributed by atoms with van der Waals surface area (Å²) in [7, 11) is 0. The minimum atomic E-state index is -0.0967. The van der Waals surface area contributed by atoms with Gasteiger partial charge in [-0.05, 0) is 111 Å². The zero-order valence-corrected chi connectivity index (χ0v) is 20.6. The van der Waals surface area contributed by atoms with Crippen LogP contribution in [0.1, 0.15) is 106 Å². The fraction of sp³-hybridized carbons (Fsp3) is 0.893. The van der Waals surface area contributed by atoms with E-state index in [9.17, 15) is 4.79 Å². The average Bonchev–Trinajstić information content (AvgIpc) is 3.26. The third-order valence-electron chi connectivity index (χ3n) is 12.4. The summed E-state index contributed by atoms with van der Waals surface area (Å²) >= 11 is 0. The predicted molar refractivity (Wildman–Crippen MR) is 122 cm³/mol. The molecule has 2 heteroatoms. The largest absolute Gasteiger partial charge is 0.462 e. The molecule has 0 saturated heterocycles. The fourth-order valence-corrected chi connectivity index (χ4v) is 10.7. The molecule has 0 radical (unpaired) electrons. The van der Waals surface area contributed by atoms with E-state index in [2.05, 4.69) is 47.6 Å². The van der Waals surface area contributed by atoms with Gasteiger partial charge < -0.3 is 4.74 Å². The summed E-state index contributed by atoms with van der Waals surface area (Å²) in [5.41, 5.74) is 3.83. The van der Waals surface area contributed by atoms with Gasteiger partial charge in [0, 0.05) is 12.3 Å². The maximum Gasteiger partial charge on any atom is 0.302 e. The highest BCUT2D eigenvalue weighted by molar-refractivity contribution is 5.66. The first-order valence-corrected chi connectivity index (χ1v) is 12.8. The topological polar surface area (TPSA) is 26.3 Å². The van der Waals surface area contributed by atoms with Crippen LogP contribution in [0, 0.1) is 44.8 Å². The lowest BCUT2D eigenvalue weighted by Crippen LogP contribution is -2.57. The minimum Gasteiger partial charge on any atom is -0.462 e. The second kappa shape index (κ2) is 6.16. The van der Waals surface area contributed by atoms with Crippen molar-refractivity contribution in [2.75, 3.05) is 0 Å². The molecule has 0 aliphatic heterocycles. The second-order valence-electron chi connectivity index (χ2n) is 13.1. The van der Waals surface area contributed by atoms with E-state index in [0.717, 1.165) is 24.2 Å². The number of fused-ring (bicyclic) bond motifs is 2. The maximum absolute atomic E-state index is 11.8. The van der Waals surface area contributed by atoms with Gasteiger partial charge in [0.05, 0.1) is 0 Å². The normalized spacial score (nSPS) is 53.8. The average molecular weight is 413 g/mol. The molecule has 0 N–H and O–H groups in total. The molecule has 168 valence electrons. The third kappa shape index (κ3) is 2.25. The molecule has 3 unspecified atom stereocenters. The van der Waals surface area contributed by atoms with Crippen LogP contribution in [0.4, 0.5) is 0 Å². The second-order valence-corrected chi connectivity index (χ2v) is 13.1. The predicted octanol–water partition coefficient (Wildman–Crippen LogP) is 7.32. The van der Waals surface area contributed by atoms with E-state index < -0.39 is 0 Å². The van der Waals surface area contributed by atoms with Crippen molar-refractivity contribution in [3.05, 3.63) is 11.6 Å². The van der Waals surface area contributed by atoms with Gasteiger partial charge in [-0.15, -0.1) is 0 Å². The van der Waals surface area contributed by atoms with Crippen LogP contribution in [0.3, 0.4) is 0 Å². The zero-order valence-electron chi connectivity index (χ0n) is 20.6. The van der Waals surface area contributed by atoms with Crippen molar-refractivity contribution in [2.24, 2.45) is 44.8 Å². The van der Waals surface area contributed by atoms with E-state index in [1.54, 1.807) is 12.5 Å². The van der Waals surface area contributed by atoms with Crippen molar-refractivity contribution in [1.82, 2.24) is 0 Å². The summed E-state index contributed by atoms with van der Waals surface area (Å²) in [6, 6.07) is 0. The molecule has 0 aromatic carbocycles. The summed E-state index contributed by atoms with van der Waals surface area (Å²) in [5, 5.41) is 0. The smallest absolute Gasteiger partial charge is 0.302 e. The molecule has 0 aromatic heterocycles. The number of carbonyl (C=O) groups is 1. The fourth-order valence-electron chi connectivity index (χ4n) is 10.7. The van der Waals surface area contributed by atoms with E-state index in [1.807, 2.05) is 0 Å². The molecule has 5 saturated carbocycles. The lowest BCUT2D eigenvalue weighted by Gasteiger charge is -2.63. The van der Waals surface area contributed by atoms with Crippen molar-refractivity contribution < 1.29 is 9.53 Å². The van der Waals surface area contributed by atoms with Crippen LogP contribution in [0.2, 0.25) is 0 Å². The van der Waals surface area contributed by atoms with Crippen LogP contribution in [-0.4, -0.2) is 12.1 Å². The molecule has 2 spiro atoms. The molecule has 5 rings (SSSR count). The van der Waals surface area contributed by atoms with Gasteiger partial charge >= 0.3 is 5.97 Å². The van der Waals surface area contributed by atoms with Gasteiger partial charge in [0.15, 0.2) is 0 Å². The molecule has 0 bridgehead atoms. The Labute approximate surface area is 184 Å². The van der Waals surface area contributed by atoms with Crippen molar-refractivity contribution in [3.8, 4) is 0 Å². The van der Waals surface area contributed by atoms with E-state index in [0.29, 0.717) is 21.7 Å². The number of esters is 1. The maximum atomic E-state index is 11.8. The Hall–Kier alpha value is -0.790. The minimum absolute atomic E-state index is 0.0967. The van der Waals surface area contributed by atoms with Gasteiger partial charge in [0.2, 0.25) is 0 Å². The Morgan fingerprint density at radius 2 is 1.50 bits per heavy atom. The van der Waals surface area contributed by atoms with Crippen LogP contribution in [0.5, 0.6) is 0 Å². The van der Waals surface area contributed by atoms with Crippen LogP contribution in [-0.2, 0) is 9.53 Å². The van der Waals surface area contributed by atoms with Crippen molar-refractivity contribution >= 4 is 5.97 Å². The van der Waals surface area contributed by atoms with Gasteiger partial charge in [-0.3, -0.25) is 4.79 Å². The number of hydrogen-bond acceptors (Lipinski definition) is 2. The van der Waals surface area contributed by atoms with Crippen LogP contribution in [0.25, 0.3) is 0 Å². The van der Waals surface area contributed by atoms with Crippen LogP contribution in [0.15, 0.2) is 11.6 Å². The number of hydrogen-bond donors (Lipinski definition) is 0. The van der Waals surface area contributed by atoms with Crippen molar-refractivity contribution in [1.29, 1.82) is 0 Å². The molecule has 0 aromatic rings. The molecule has 0 heterocycles. The van der Waals surface area contributed by atoms with Gasteiger partial charge in [0.1, 0.15) is 6.10 Å².